The topological polar surface area (TPSA) is 55.8 Å². The van der Waals surface area contributed by atoms with Crippen LogP contribution in [0.5, 0.6) is 0 Å². The van der Waals surface area contributed by atoms with Gasteiger partial charge in [-0.25, -0.2) is 0 Å². The molecule has 0 bridgehead atoms. The van der Waals surface area contributed by atoms with Gasteiger partial charge in [-0.3, -0.25) is 4.57 Å². The van der Waals surface area contributed by atoms with Crippen molar-refractivity contribution in [2.75, 3.05) is 25.7 Å². The van der Waals surface area contributed by atoms with E-state index in [4.69, 9.17) is 5.11 Å². The van der Waals surface area contributed by atoms with Crippen molar-refractivity contribution in [2.24, 2.45) is 0 Å². The zero-order valence-corrected chi connectivity index (χ0v) is 8.97. The van der Waals surface area contributed by atoms with Gasteiger partial charge in [0.05, 0.1) is 12.3 Å². The molecule has 0 aromatic carbocycles. The Morgan fingerprint density at radius 2 is 2.00 bits per heavy atom. The molecular weight excluding hydrogens is 235 g/mol. The monoisotopic (exact) mass is 246 g/mol. The highest BCUT2D eigenvalue weighted by Crippen LogP contribution is 2.46. The van der Waals surface area contributed by atoms with Gasteiger partial charge in [-0.1, -0.05) is 15.9 Å². The highest BCUT2D eigenvalue weighted by molar-refractivity contribution is 9.09. The van der Waals surface area contributed by atoms with Gasteiger partial charge in [0.1, 0.15) is 0 Å². The molecule has 0 saturated heterocycles. The lowest BCUT2D eigenvalue weighted by Crippen LogP contribution is -2.15. The molecular formula is C5H12BrO4P. The molecule has 1 N–H and O–H groups in total. The summed E-state index contributed by atoms with van der Waals surface area (Å²) in [5.41, 5.74) is 0. The van der Waals surface area contributed by atoms with Gasteiger partial charge >= 0.3 is 7.60 Å². The van der Waals surface area contributed by atoms with Crippen molar-refractivity contribution in [2.45, 2.75) is 6.10 Å². The zero-order valence-electron chi connectivity index (χ0n) is 6.49. The minimum absolute atomic E-state index is 0.0191. The Morgan fingerprint density at radius 3 is 2.27 bits per heavy atom. The predicted octanol–water partition coefficient (Wildman–Crippen LogP) is 1.23. The summed E-state index contributed by atoms with van der Waals surface area (Å²) in [4.78, 5) is 0. The van der Waals surface area contributed by atoms with Gasteiger partial charge in [0.15, 0.2) is 0 Å². The van der Waals surface area contributed by atoms with E-state index in [1.54, 1.807) is 0 Å². The van der Waals surface area contributed by atoms with E-state index in [0.29, 0.717) is 5.33 Å². The Kier molecular flexibility index (Phi) is 5.56. The molecule has 1 atom stereocenters. The average Bonchev–Trinajstić information content (AvgIpc) is 2.04. The number of halogens is 1. The van der Waals surface area contributed by atoms with Gasteiger partial charge in [0.25, 0.3) is 0 Å². The van der Waals surface area contributed by atoms with Gasteiger partial charge in [0.2, 0.25) is 0 Å². The van der Waals surface area contributed by atoms with Crippen molar-refractivity contribution in [1.29, 1.82) is 0 Å². The van der Waals surface area contributed by atoms with E-state index in [-0.39, 0.29) is 6.16 Å². The van der Waals surface area contributed by atoms with Crippen LogP contribution in [-0.2, 0) is 13.6 Å². The quantitative estimate of drug-likeness (QED) is 0.586. The first-order valence-electron chi connectivity index (χ1n) is 3.02. The van der Waals surface area contributed by atoms with Crippen LogP contribution < -0.4 is 0 Å². The second-order valence-electron chi connectivity index (χ2n) is 1.97. The fourth-order valence-corrected chi connectivity index (χ4v) is 2.21. The van der Waals surface area contributed by atoms with Crippen molar-refractivity contribution in [1.82, 2.24) is 0 Å². The van der Waals surface area contributed by atoms with Crippen molar-refractivity contribution in [3.05, 3.63) is 0 Å². The number of hydrogen-bond donors (Lipinski definition) is 1. The maximum absolute atomic E-state index is 11.3. The second kappa shape index (κ2) is 5.27. The van der Waals surface area contributed by atoms with E-state index in [1.165, 1.54) is 14.2 Å². The first kappa shape index (κ1) is 11.6. The number of hydrogen-bond acceptors (Lipinski definition) is 4. The van der Waals surface area contributed by atoms with Gasteiger partial charge in [-0.15, -0.1) is 0 Å². The molecule has 1 unspecified atom stereocenters. The summed E-state index contributed by atoms with van der Waals surface area (Å²) in [5.74, 6) is 0. The van der Waals surface area contributed by atoms with Crippen LogP contribution in [0.15, 0.2) is 0 Å². The van der Waals surface area contributed by atoms with Crippen molar-refractivity contribution in [3.8, 4) is 0 Å². The molecule has 11 heavy (non-hydrogen) atoms. The van der Waals surface area contributed by atoms with E-state index in [0.717, 1.165) is 0 Å². The molecule has 6 heteroatoms. The molecule has 0 rings (SSSR count). The van der Waals surface area contributed by atoms with Gasteiger partial charge in [-0.05, 0) is 0 Å². The molecule has 0 spiro atoms. The first-order valence-corrected chi connectivity index (χ1v) is 5.87. The molecule has 0 aliphatic heterocycles. The van der Waals surface area contributed by atoms with Crippen molar-refractivity contribution >= 4 is 23.5 Å². The highest BCUT2D eigenvalue weighted by atomic mass is 79.9. The summed E-state index contributed by atoms with van der Waals surface area (Å²) in [7, 11) is -0.440. The second-order valence-corrected chi connectivity index (χ2v) is 4.93. The molecule has 0 radical (unpaired) electrons. The van der Waals surface area contributed by atoms with Gasteiger partial charge < -0.3 is 14.2 Å². The third kappa shape index (κ3) is 4.23. The van der Waals surface area contributed by atoms with Crippen LogP contribution in [0.3, 0.4) is 0 Å². The summed E-state index contributed by atoms with van der Waals surface area (Å²) in [6.07, 6.45) is -0.675. The van der Waals surface area contributed by atoms with E-state index < -0.39 is 13.7 Å². The molecule has 4 nitrogen and oxygen atoms in total. The van der Waals surface area contributed by atoms with E-state index >= 15 is 0 Å². The molecule has 0 aliphatic rings. The minimum Gasteiger partial charge on any atom is -0.392 e. The standard InChI is InChI=1S/C5H12BrO4P/c1-9-11(8,10-2)4-5(7)3-6/h5,7H,3-4H2,1-2H3. The normalized spacial score (nSPS) is 14.9. The molecule has 0 aromatic rings. The average molecular weight is 247 g/mol. The molecule has 0 aliphatic carbocycles. The summed E-state index contributed by atoms with van der Waals surface area (Å²) >= 11 is 3.04. The lowest BCUT2D eigenvalue weighted by atomic mass is 10.5. The summed E-state index contributed by atoms with van der Waals surface area (Å²) in [5, 5.41) is 9.44. The smallest absolute Gasteiger partial charge is 0.332 e. The largest absolute Gasteiger partial charge is 0.392 e. The SMILES string of the molecule is COP(=O)(CC(O)CBr)OC. The van der Waals surface area contributed by atoms with Crippen LogP contribution in [0.2, 0.25) is 0 Å². The number of alkyl halides is 1. The van der Waals surface area contributed by atoms with E-state index in [1.807, 2.05) is 0 Å². The van der Waals surface area contributed by atoms with Crippen LogP contribution in [0, 0.1) is 0 Å². The summed E-state index contributed by atoms with van der Waals surface area (Å²) in [6.45, 7) is 0. The molecule has 0 fully saturated rings. The molecule has 0 aromatic heterocycles. The molecule has 0 saturated carbocycles. The van der Waals surface area contributed by atoms with Crippen LogP contribution in [0.25, 0.3) is 0 Å². The lowest BCUT2D eigenvalue weighted by Gasteiger charge is -2.15. The van der Waals surface area contributed by atoms with E-state index in [2.05, 4.69) is 25.0 Å². The summed E-state index contributed by atoms with van der Waals surface area (Å²) < 4.78 is 20.5. The van der Waals surface area contributed by atoms with Crippen LogP contribution in [-0.4, -0.2) is 36.9 Å². The predicted molar refractivity (Wildman–Crippen MR) is 46.3 cm³/mol. The van der Waals surface area contributed by atoms with Crippen LogP contribution in [0.4, 0.5) is 0 Å². The number of aliphatic hydroxyl groups is 1. The van der Waals surface area contributed by atoms with Crippen molar-refractivity contribution < 1.29 is 18.7 Å². The molecule has 0 heterocycles. The Morgan fingerprint density at radius 1 is 1.55 bits per heavy atom. The Hall–Kier alpha value is 0.590. The minimum atomic E-state index is -3.03. The third-order valence-electron chi connectivity index (χ3n) is 1.17. The highest BCUT2D eigenvalue weighted by Gasteiger charge is 2.24. The lowest BCUT2D eigenvalue weighted by molar-refractivity contribution is 0.202. The van der Waals surface area contributed by atoms with Crippen LogP contribution >= 0.6 is 23.5 Å². The zero-order chi connectivity index (χ0) is 8.91. The maximum atomic E-state index is 11.3. The van der Waals surface area contributed by atoms with Gasteiger partial charge in [-0.2, -0.15) is 0 Å². The fraction of sp³-hybridized carbons (Fsp3) is 1.00. The maximum Gasteiger partial charge on any atom is 0.332 e. The molecule has 0 amide bonds. The Balaban J connectivity index is 3.97. The third-order valence-corrected chi connectivity index (χ3v) is 3.90. The van der Waals surface area contributed by atoms with Crippen molar-refractivity contribution in [3.63, 3.8) is 0 Å². The number of aliphatic hydroxyl groups excluding tert-OH is 1. The van der Waals surface area contributed by atoms with E-state index in [9.17, 15) is 4.57 Å². The summed E-state index contributed by atoms with van der Waals surface area (Å²) in [6, 6.07) is 0. The Bertz CT molecular complexity index is 143. The fourth-order valence-electron chi connectivity index (χ4n) is 0.531. The molecule has 68 valence electrons. The van der Waals surface area contributed by atoms with Crippen LogP contribution in [0.1, 0.15) is 0 Å². The first-order chi connectivity index (χ1) is 5.08. The van der Waals surface area contributed by atoms with Gasteiger partial charge in [0, 0.05) is 19.5 Å². The number of rotatable bonds is 5. The Labute approximate surface area is 74.6 Å².